The van der Waals surface area contributed by atoms with E-state index in [2.05, 4.69) is 86.3 Å². The molecule has 14 heteroatoms. The number of nitrogens with zero attached hydrogens (tertiary/aromatic N) is 8. The molecule has 1 saturated heterocycles. The third-order valence-corrected chi connectivity index (χ3v) is 14.0. The maximum absolute atomic E-state index is 13.1. The first-order valence-corrected chi connectivity index (χ1v) is 21.4. The van der Waals surface area contributed by atoms with Gasteiger partial charge in [-0.3, -0.25) is 14.4 Å². The van der Waals surface area contributed by atoms with Crippen LogP contribution in [-0.2, 0) is 0 Å². The highest BCUT2D eigenvalue weighted by Gasteiger charge is 2.47. The van der Waals surface area contributed by atoms with Gasteiger partial charge in [0.25, 0.3) is 5.91 Å². The van der Waals surface area contributed by atoms with Crippen molar-refractivity contribution in [2.45, 2.75) is 103 Å². The zero-order valence-corrected chi connectivity index (χ0v) is 34.7. The summed E-state index contributed by atoms with van der Waals surface area (Å²) in [5.41, 5.74) is 5.52. The second-order valence-electron chi connectivity index (χ2n) is 16.3. The second kappa shape index (κ2) is 15.5. The Morgan fingerprint density at radius 2 is 1.64 bits per heavy atom. The number of ether oxygens (including phenoxy) is 2. The molecule has 2 aliphatic carbocycles. The van der Waals surface area contributed by atoms with Crippen molar-refractivity contribution in [3.8, 4) is 22.6 Å². The minimum Gasteiger partial charge on any atom is -0.490 e. The normalized spacial score (nSPS) is 21.2. The zero-order chi connectivity index (χ0) is 40.1. The quantitative estimate of drug-likeness (QED) is 0.163. The topological polar surface area (TPSA) is 143 Å². The highest BCUT2D eigenvalue weighted by Crippen LogP contribution is 2.51. The summed E-state index contributed by atoms with van der Waals surface area (Å²) in [6.07, 6.45) is 7.71. The Bertz CT molecular complexity index is 2410. The van der Waals surface area contributed by atoms with Gasteiger partial charge in [0.05, 0.1) is 28.5 Å². The second-order valence-corrected chi connectivity index (χ2v) is 17.9. The van der Waals surface area contributed by atoms with Gasteiger partial charge in [0, 0.05) is 41.2 Å². The lowest BCUT2D eigenvalue weighted by atomic mass is 9.61. The molecule has 4 aliphatic rings. The van der Waals surface area contributed by atoms with E-state index < -0.39 is 0 Å². The van der Waals surface area contributed by atoms with E-state index in [1.54, 1.807) is 35.6 Å². The number of aliphatic imine (C=N–C) groups is 1. The number of anilines is 1. The van der Waals surface area contributed by atoms with Crippen molar-refractivity contribution < 1.29 is 14.3 Å². The molecule has 1 atom stereocenters. The predicted molar refractivity (Wildman–Crippen MR) is 224 cm³/mol. The minimum absolute atomic E-state index is 0.0358. The SMILES string of the molecule is Cc1sc2c(c1C)C(c1ccc(OC3CC4(CCN(c5ccc(C(=O)N[C@H]6CC[C@H](Oc7ccc(C#N)c(Cl)c7)CC6)nn5)CC4)C3)cc1)=N[C@@H](C)c1nnc(C)n1-2. The first kappa shape index (κ1) is 38.2. The molecule has 58 heavy (non-hydrogen) atoms. The van der Waals surface area contributed by atoms with Gasteiger partial charge in [0.2, 0.25) is 0 Å². The van der Waals surface area contributed by atoms with E-state index in [4.69, 9.17) is 31.3 Å². The summed E-state index contributed by atoms with van der Waals surface area (Å²) >= 11 is 7.93. The highest BCUT2D eigenvalue weighted by molar-refractivity contribution is 7.15. The van der Waals surface area contributed by atoms with Gasteiger partial charge in [-0.25, -0.2) is 0 Å². The molecule has 1 spiro atoms. The molecule has 5 aromatic rings. The van der Waals surface area contributed by atoms with Gasteiger partial charge in [0.1, 0.15) is 34.4 Å². The molecule has 5 heterocycles. The van der Waals surface area contributed by atoms with E-state index >= 15 is 0 Å². The molecule has 298 valence electrons. The number of hydrogen-bond donors (Lipinski definition) is 1. The number of nitrogens with one attached hydrogen (secondary N) is 1. The van der Waals surface area contributed by atoms with Gasteiger partial charge in [-0.2, -0.15) is 5.26 Å². The van der Waals surface area contributed by atoms with E-state index in [-0.39, 0.29) is 30.2 Å². The summed E-state index contributed by atoms with van der Waals surface area (Å²) in [7, 11) is 0. The number of benzene rings is 2. The number of piperidine rings is 1. The molecule has 1 N–H and O–H groups in total. The lowest BCUT2D eigenvalue weighted by molar-refractivity contribution is -0.0311. The number of nitriles is 1. The van der Waals surface area contributed by atoms with E-state index in [0.29, 0.717) is 27.4 Å². The fourth-order valence-corrected chi connectivity index (χ4v) is 10.5. The Kier molecular flexibility index (Phi) is 10.2. The predicted octanol–water partition coefficient (Wildman–Crippen LogP) is 8.43. The fraction of sp³-hybridized carbons (Fsp3) is 0.432. The maximum Gasteiger partial charge on any atom is 0.272 e. The van der Waals surface area contributed by atoms with Crippen molar-refractivity contribution in [3.63, 3.8) is 0 Å². The smallest absolute Gasteiger partial charge is 0.272 e. The third-order valence-electron chi connectivity index (χ3n) is 12.5. The number of fused-ring (bicyclic) bond motifs is 3. The number of carbonyl (C=O) groups excluding carboxylic acids is 1. The molecule has 3 fully saturated rings. The largest absolute Gasteiger partial charge is 0.490 e. The Balaban J connectivity index is 0.738. The van der Waals surface area contributed by atoms with Gasteiger partial charge in [-0.15, -0.1) is 31.7 Å². The van der Waals surface area contributed by atoms with Crippen LogP contribution in [0.15, 0.2) is 59.6 Å². The molecule has 9 rings (SSSR count). The average Bonchev–Trinajstić information content (AvgIpc) is 3.71. The lowest BCUT2D eigenvalue weighted by Crippen LogP contribution is -2.51. The van der Waals surface area contributed by atoms with E-state index in [1.165, 1.54) is 10.4 Å². The van der Waals surface area contributed by atoms with Crippen LogP contribution in [0.4, 0.5) is 5.82 Å². The molecule has 2 aliphatic heterocycles. The van der Waals surface area contributed by atoms with Crippen molar-refractivity contribution in [1.82, 2.24) is 30.3 Å². The molecule has 2 aromatic carbocycles. The van der Waals surface area contributed by atoms with Gasteiger partial charge < -0.3 is 19.7 Å². The number of halogens is 1. The third kappa shape index (κ3) is 7.32. The van der Waals surface area contributed by atoms with Crippen LogP contribution in [-0.4, -0.2) is 67.9 Å². The summed E-state index contributed by atoms with van der Waals surface area (Å²) < 4.78 is 14.8. The molecular weight excluding hydrogens is 770 g/mol. The first-order chi connectivity index (χ1) is 28.1. The lowest BCUT2D eigenvalue weighted by Gasteiger charge is -2.51. The number of amides is 1. The standard InChI is InChI=1S/C44H46ClN9O3S/c1-25-27(3)58-43-39(25)40(47-26(2)41-52-49-28(4)54(41)43)29-5-10-32(11-6-29)57-35-22-44(23-35)17-19-53(20-18-44)38-16-15-37(50-51-38)42(55)48-31-8-13-33(14-9-31)56-34-12-7-30(24-46)36(45)21-34/h5-7,10-12,15-16,21,26,31,33,35H,8-9,13-14,17-20,22-23H2,1-4H3,(H,48,55)/t26-,31-,33-/m0/s1. The Morgan fingerprint density at radius 3 is 2.33 bits per heavy atom. The average molecular weight is 816 g/mol. The number of aromatic nitrogens is 5. The Labute approximate surface area is 347 Å². The molecule has 0 radical (unpaired) electrons. The maximum atomic E-state index is 13.1. The van der Waals surface area contributed by atoms with Crippen LogP contribution >= 0.6 is 22.9 Å². The van der Waals surface area contributed by atoms with Crippen LogP contribution in [0.25, 0.3) is 5.00 Å². The van der Waals surface area contributed by atoms with Crippen molar-refractivity contribution in [1.29, 1.82) is 5.26 Å². The van der Waals surface area contributed by atoms with Crippen LogP contribution in [0, 0.1) is 37.5 Å². The molecule has 0 bridgehead atoms. The van der Waals surface area contributed by atoms with Crippen LogP contribution in [0.3, 0.4) is 0 Å². The number of aryl methyl sites for hydroxylation is 2. The monoisotopic (exact) mass is 815 g/mol. The summed E-state index contributed by atoms with van der Waals surface area (Å²) in [4.78, 5) is 21.8. The fourth-order valence-electron chi connectivity index (χ4n) is 9.02. The van der Waals surface area contributed by atoms with Crippen molar-refractivity contribution in [2.24, 2.45) is 10.4 Å². The van der Waals surface area contributed by atoms with Crippen LogP contribution in [0.2, 0.25) is 5.02 Å². The summed E-state index contributed by atoms with van der Waals surface area (Å²) in [5, 5.41) is 31.4. The van der Waals surface area contributed by atoms with Gasteiger partial charge >= 0.3 is 0 Å². The van der Waals surface area contributed by atoms with Crippen LogP contribution in [0.5, 0.6) is 11.5 Å². The van der Waals surface area contributed by atoms with Gasteiger partial charge in [-0.1, -0.05) is 11.6 Å². The number of hydrogen-bond acceptors (Lipinski definition) is 11. The number of rotatable bonds is 8. The number of carbonyl (C=O) groups is 1. The van der Waals surface area contributed by atoms with Gasteiger partial charge in [0.15, 0.2) is 17.3 Å². The van der Waals surface area contributed by atoms with Crippen molar-refractivity contribution in [2.75, 3.05) is 18.0 Å². The molecule has 2 saturated carbocycles. The Hall–Kier alpha value is -5.32. The first-order valence-electron chi connectivity index (χ1n) is 20.2. The van der Waals surface area contributed by atoms with E-state index in [1.807, 2.05) is 13.0 Å². The number of thiophene rings is 1. The molecule has 1 amide bonds. The molecule has 0 unspecified atom stereocenters. The molecule has 12 nitrogen and oxygen atoms in total. The van der Waals surface area contributed by atoms with Crippen molar-refractivity contribution >= 4 is 40.4 Å². The summed E-state index contributed by atoms with van der Waals surface area (Å²) in [5.74, 6) is 3.90. The van der Waals surface area contributed by atoms with Crippen molar-refractivity contribution in [3.05, 3.63) is 104 Å². The summed E-state index contributed by atoms with van der Waals surface area (Å²) in [6, 6.07) is 19.3. The minimum atomic E-state index is -0.203. The zero-order valence-electron chi connectivity index (χ0n) is 33.2. The van der Waals surface area contributed by atoms with E-state index in [0.717, 1.165) is 110 Å². The van der Waals surface area contributed by atoms with Crippen LogP contribution < -0.4 is 19.7 Å². The highest BCUT2D eigenvalue weighted by atomic mass is 35.5. The molecular formula is C44H46ClN9O3S. The van der Waals surface area contributed by atoms with E-state index in [9.17, 15) is 4.79 Å². The van der Waals surface area contributed by atoms with Crippen LogP contribution in [0.1, 0.15) is 114 Å². The molecule has 3 aromatic heterocycles. The van der Waals surface area contributed by atoms with Gasteiger partial charge in [-0.05, 0) is 139 Å². The summed E-state index contributed by atoms with van der Waals surface area (Å²) in [6.45, 7) is 10.2. The Morgan fingerprint density at radius 1 is 0.914 bits per heavy atom.